The van der Waals surface area contributed by atoms with Crippen LogP contribution in [0.25, 0.3) is 0 Å². The summed E-state index contributed by atoms with van der Waals surface area (Å²) in [5, 5.41) is 1.37. The van der Waals surface area contributed by atoms with E-state index in [1.165, 1.54) is 0 Å². The number of benzene rings is 1. The third-order valence-electron chi connectivity index (χ3n) is 2.17. The van der Waals surface area contributed by atoms with Crippen LogP contribution < -0.4 is 10.6 Å². The van der Waals surface area contributed by atoms with Gasteiger partial charge in [0.25, 0.3) is 0 Å². The van der Waals surface area contributed by atoms with Crippen LogP contribution in [0.2, 0.25) is 10.0 Å². The van der Waals surface area contributed by atoms with E-state index < -0.39 is 0 Å². The molecule has 2 nitrogen and oxygen atoms in total. The summed E-state index contributed by atoms with van der Waals surface area (Å²) in [4.78, 5) is 1.97. The monoisotopic (exact) mass is 246 g/mol. The minimum absolute atomic E-state index is 0.0604. The van der Waals surface area contributed by atoms with Crippen LogP contribution in [0.3, 0.4) is 0 Å². The van der Waals surface area contributed by atoms with Gasteiger partial charge in [-0.15, -0.1) is 0 Å². The molecule has 0 aliphatic heterocycles. The first-order chi connectivity index (χ1) is 6.91. The van der Waals surface area contributed by atoms with Gasteiger partial charge in [0.1, 0.15) is 0 Å². The number of halogens is 2. The van der Waals surface area contributed by atoms with Crippen LogP contribution in [0, 0.1) is 0 Å². The first kappa shape index (κ1) is 12.6. The highest BCUT2D eigenvalue weighted by atomic mass is 35.5. The molecule has 0 aliphatic rings. The summed E-state index contributed by atoms with van der Waals surface area (Å²) in [5.41, 5.74) is 7.66. The zero-order valence-electron chi connectivity index (χ0n) is 9.22. The zero-order valence-corrected chi connectivity index (χ0v) is 10.7. The van der Waals surface area contributed by atoms with Crippen molar-refractivity contribution < 1.29 is 0 Å². The molecule has 1 aromatic rings. The lowest BCUT2D eigenvalue weighted by atomic mass is 10.1. The Hall–Kier alpha value is -0.440. The molecule has 84 valence electrons. The van der Waals surface area contributed by atoms with E-state index in [0.29, 0.717) is 16.5 Å². The van der Waals surface area contributed by atoms with Crippen LogP contribution in [0.5, 0.6) is 0 Å². The zero-order chi connectivity index (χ0) is 11.6. The Morgan fingerprint density at radius 1 is 1.27 bits per heavy atom. The van der Waals surface area contributed by atoms with Crippen LogP contribution in [0.15, 0.2) is 12.1 Å². The van der Waals surface area contributed by atoms with Gasteiger partial charge in [0.05, 0.1) is 0 Å². The summed E-state index contributed by atoms with van der Waals surface area (Å²) < 4.78 is 0. The molecule has 0 saturated heterocycles. The Labute approximate surface area is 101 Å². The van der Waals surface area contributed by atoms with Crippen LogP contribution >= 0.6 is 23.2 Å². The number of hydrogen-bond acceptors (Lipinski definition) is 2. The van der Waals surface area contributed by atoms with Crippen LogP contribution in [-0.2, 0) is 6.42 Å². The summed E-state index contributed by atoms with van der Waals surface area (Å²) in [6.07, 6.45) is 0.700. The standard InChI is InChI=1S/C11H16Cl2N2/c1-7(14)4-9-10(12)5-8(15(2)3)6-11(9)13/h5-7H,4,14H2,1-3H3/t7-/m0/s1. The molecular weight excluding hydrogens is 231 g/mol. The quantitative estimate of drug-likeness (QED) is 0.889. The van der Waals surface area contributed by atoms with Crippen LogP contribution in [0.4, 0.5) is 5.69 Å². The van der Waals surface area contributed by atoms with E-state index in [2.05, 4.69) is 0 Å². The Morgan fingerprint density at radius 2 is 1.73 bits per heavy atom. The van der Waals surface area contributed by atoms with Crippen molar-refractivity contribution in [3.63, 3.8) is 0 Å². The van der Waals surface area contributed by atoms with Crippen LogP contribution in [0.1, 0.15) is 12.5 Å². The van der Waals surface area contributed by atoms with Gasteiger partial charge in [0, 0.05) is 35.9 Å². The van der Waals surface area contributed by atoms with Crippen molar-refractivity contribution in [2.75, 3.05) is 19.0 Å². The highest BCUT2D eigenvalue weighted by Gasteiger charge is 2.10. The van der Waals surface area contributed by atoms with Crippen molar-refractivity contribution in [1.29, 1.82) is 0 Å². The fourth-order valence-corrected chi connectivity index (χ4v) is 1.99. The van der Waals surface area contributed by atoms with E-state index in [1.54, 1.807) is 0 Å². The highest BCUT2D eigenvalue weighted by Crippen LogP contribution is 2.30. The van der Waals surface area contributed by atoms with Gasteiger partial charge in [-0.2, -0.15) is 0 Å². The van der Waals surface area contributed by atoms with Crippen LogP contribution in [-0.4, -0.2) is 20.1 Å². The number of hydrogen-bond donors (Lipinski definition) is 1. The molecular formula is C11H16Cl2N2. The smallest absolute Gasteiger partial charge is 0.0474 e. The molecule has 1 aromatic carbocycles. The third-order valence-corrected chi connectivity index (χ3v) is 2.84. The minimum Gasteiger partial charge on any atom is -0.378 e. The normalized spacial score (nSPS) is 12.7. The molecule has 0 aliphatic carbocycles. The SMILES string of the molecule is C[C@H](N)Cc1c(Cl)cc(N(C)C)cc1Cl. The summed E-state index contributed by atoms with van der Waals surface area (Å²) in [6, 6.07) is 3.88. The average molecular weight is 247 g/mol. The van der Waals surface area contributed by atoms with Crippen molar-refractivity contribution in [3.8, 4) is 0 Å². The highest BCUT2D eigenvalue weighted by molar-refractivity contribution is 6.36. The molecule has 15 heavy (non-hydrogen) atoms. The molecule has 0 bridgehead atoms. The first-order valence-electron chi connectivity index (χ1n) is 4.82. The molecule has 0 amide bonds. The lowest BCUT2D eigenvalue weighted by molar-refractivity contribution is 0.738. The van der Waals surface area contributed by atoms with E-state index in [1.807, 2.05) is 38.1 Å². The van der Waals surface area contributed by atoms with Crippen molar-refractivity contribution in [1.82, 2.24) is 0 Å². The molecule has 0 heterocycles. The van der Waals surface area contributed by atoms with Gasteiger partial charge in [0.2, 0.25) is 0 Å². The molecule has 4 heteroatoms. The summed E-state index contributed by atoms with van der Waals surface area (Å²) in [6.45, 7) is 1.94. The van der Waals surface area contributed by atoms with Gasteiger partial charge >= 0.3 is 0 Å². The van der Waals surface area contributed by atoms with Crippen molar-refractivity contribution in [2.45, 2.75) is 19.4 Å². The Bertz CT molecular complexity index is 325. The third kappa shape index (κ3) is 3.26. The summed E-state index contributed by atoms with van der Waals surface area (Å²) in [5.74, 6) is 0. The topological polar surface area (TPSA) is 29.3 Å². The molecule has 2 N–H and O–H groups in total. The predicted molar refractivity (Wildman–Crippen MR) is 68.1 cm³/mol. The first-order valence-corrected chi connectivity index (χ1v) is 5.58. The largest absolute Gasteiger partial charge is 0.378 e. The molecule has 0 saturated carbocycles. The predicted octanol–water partition coefficient (Wildman–Crippen LogP) is 2.95. The second kappa shape index (κ2) is 5.06. The fraction of sp³-hybridized carbons (Fsp3) is 0.455. The molecule has 0 radical (unpaired) electrons. The summed E-state index contributed by atoms with van der Waals surface area (Å²) >= 11 is 12.3. The number of nitrogens with two attached hydrogens (primary N) is 1. The van der Waals surface area contributed by atoms with Crippen molar-refractivity contribution in [3.05, 3.63) is 27.7 Å². The Morgan fingerprint density at radius 3 is 2.07 bits per heavy atom. The molecule has 0 aromatic heterocycles. The van der Waals surface area contributed by atoms with E-state index >= 15 is 0 Å². The molecule has 0 spiro atoms. The number of rotatable bonds is 3. The van der Waals surface area contributed by atoms with E-state index in [4.69, 9.17) is 28.9 Å². The van der Waals surface area contributed by atoms with E-state index in [-0.39, 0.29) is 6.04 Å². The van der Waals surface area contributed by atoms with Gasteiger partial charge in [-0.25, -0.2) is 0 Å². The second-order valence-electron chi connectivity index (χ2n) is 3.96. The second-order valence-corrected chi connectivity index (χ2v) is 4.78. The maximum Gasteiger partial charge on any atom is 0.0474 e. The molecule has 1 atom stereocenters. The fourth-order valence-electron chi connectivity index (χ4n) is 1.36. The van der Waals surface area contributed by atoms with Crippen molar-refractivity contribution in [2.24, 2.45) is 5.73 Å². The molecule has 0 fully saturated rings. The van der Waals surface area contributed by atoms with Gasteiger partial charge in [0.15, 0.2) is 0 Å². The van der Waals surface area contributed by atoms with Gasteiger partial charge < -0.3 is 10.6 Å². The lowest BCUT2D eigenvalue weighted by Crippen LogP contribution is -2.18. The van der Waals surface area contributed by atoms with Gasteiger partial charge in [-0.05, 0) is 31.0 Å². The maximum atomic E-state index is 6.16. The Kier molecular flexibility index (Phi) is 4.26. The van der Waals surface area contributed by atoms with Gasteiger partial charge in [-0.1, -0.05) is 23.2 Å². The van der Waals surface area contributed by atoms with E-state index in [0.717, 1.165) is 11.3 Å². The Balaban J connectivity index is 3.10. The van der Waals surface area contributed by atoms with Crippen molar-refractivity contribution >= 4 is 28.9 Å². The average Bonchev–Trinajstić information content (AvgIpc) is 2.10. The van der Waals surface area contributed by atoms with Gasteiger partial charge in [-0.3, -0.25) is 0 Å². The maximum absolute atomic E-state index is 6.16. The van der Waals surface area contributed by atoms with E-state index in [9.17, 15) is 0 Å². The molecule has 0 unspecified atom stereocenters. The summed E-state index contributed by atoms with van der Waals surface area (Å²) in [7, 11) is 3.90. The lowest BCUT2D eigenvalue weighted by Gasteiger charge is -2.16. The minimum atomic E-state index is 0.0604. The number of anilines is 1. The number of nitrogens with zero attached hydrogens (tertiary/aromatic N) is 1. The molecule has 1 rings (SSSR count).